The average molecular weight is 389 g/mol. The first-order chi connectivity index (χ1) is 14.1. The van der Waals surface area contributed by atoms with E-state index in [2.05, 4.69) is 25.6 Å². The molecule has 0 aliphatic carbocycles. The molecule has 3 heterocycles. The fourth-order valence-electron chi connectivity index (χ4n) is 3.01. The molecule has 4 rings (SSSR count). The largest absolute Gasteiger partial charge is 0.361 e. The molecule has 0 aliphatic heterocycles. The SMILES string of the molecule is Cc1noc(C)c1CC(=O)Nc1ccccc1Cc1nc(-c2cccnc2)no1. The monoisotopic (exact) mass is 389 g/mol. The Kier molecular flexibility index (Phi) is 5.15. The van der Waals surface area contributed by atoms with Gasteiger partial charge in [-0.1, -0.05) is 28.5 Å². The van der Waals surface area contributed by atoms with Gasteiger partial charge >= 0.3 is 0 Å². The lowest BCUT2D eigenvalue weighted by Crippen LogP contribution is -2.16. The molecule has 4 aromatic rings. The van der Waals surface area contributed by atoms with Gasteiger partial charge in [0.05, 0.1) is 18.5 Å². The van der Waals surface area contributed by atoms with E-state index >= 15 is 0 Å². The van der Waals surface area contributed by atoms with Crippen LogP contribution < -0.4 is 5.32 Å². The summed E-state index contributed by atoms with van der Waals surface area (Å²) in [7, 11) is 0. The Hall–Kier alpha value is -3.81. The minimum absolute atomic E-state index is 0.145. The van der Waals surface area contributed by atoms with Crippen molar-refractivity contribution < 1.29 is 13.8 Å². The van der Waals surface area contributed by atoms with Crippen LogP contribution in [0.4, 0.5) is 5.69 Å². The summed E-state index contributed by atoms with van der Waals surface area (Å²) in [6.45, 7) is 3.62. The maximum atomic E-state index is 12.5. The third-order valence-electron chi connectivity index (χ3n) is 4.54. The van der Waals surface area contributed by atoms with E-state index in [0.29, 0.717) is 29.6 Å². The van der Waals surface area contributed by atoms with Crippen molar-refractivity contribution in [3.63, 3.8) is 0 Å². The number of nitrogens with zero attached hydrogens (tertiary/aromatic N) is 4. The first-order valence-corrected chi connectivity index (χ1v) is 9.12. The Morgan fingerprint density at radius 1 is 1.07 bits per heavy atom. The summed E-state index contributed by atoms with van der Waals surface area (Å²) in [5.41, 5.74) is 3.88. The molecule has 0 spiro atoms. The number of hydrogen-bond acceptors (Lipinski definition) is 7. The highest BCUT2D eigenvalue weighted by Gasteiger charge is 2.16. The zero-order valence-corrected chi connectivity index (χ0v) is 16.0. The maximum Gasteiger partial charge on any atom is 0.231 e. The number of aryl methyl sites for hydroxylation is 2. The van der Waals surface area contributed by atoms with Crippen LogP contribution in [0.5, 0.6) is 0 Å². The molecular weight excluding hydrogens is 370 g/mol. The van der Waals surface area contributed by atoms with Crippen LogP contribution in [-0.2, 0) is 17.6 Å². The summed E-state index contributed by atoms with van der Waals surface area (Å²) in [4.78, 5) is 21.0. The van der Waals surface area contributed by atoms with E-state index < -0.39 is 0 Å². The highest BCUT2D eigenvalue weighted by Crippen LogP contribution is 2.21. The number of hydrogen-bond donors (Lipinski definition) is 1. The number of para-hydroxylation sites is 1. The molecule has 0 atom stereocenters. The van der Waals surface area contributed by atoms with E-state index in [1.54, 1.807) is 19.3 Å². The summed E-state index contributed by atoms with van der Waals surface area (Å²) < 4.78 is 10.5. The Morgan fingerprint density at radius 3 is 2.69 bits per heavy atom. The molecule has 0 aliphatic rings. The third kappa shape index (κ3) is 4.21. The lowest BCUT2D eigenvalue weighted by Gasteiger charge is -2.09. The minimum Gasteiger partial charge on any atom is -0.361 e. The van der Waals surface area contributed by atoms with Crippen molar-refractivity contribution in [3.05, 3.63) is 77.3 Å². The zero-order valence-electron chi connectivity index (χ0n) is 16.0. The molecule has 0 saturated heterocycles. The number of pyridine rings is 1. The molecule has 8 heteroatoms. The van der Waals surface area contributed by atoms with Gasteiger partial charge in [-0.3, -0.25) is 9.78 Å². The molecule has 1 amide bonds. The lowest BCUT2D eigenvalue weighted by molar-refractivity contribution is -0.115. The van der Waals surface area contributed by atoms with Gasteiger partial charge in [-0.25, -0.2) is 0 Å². The summed E-state index contributed by atoms with van der Waals surface area (Å²) in [6.07, 6.45) is 3.96. The van der Waals surface area contributed by atoms with Crippen LogP contribution in [-0.4, -0.2) is 26.2 Å². The Labute approximate surface area is 167 Å². The van der Waals surface area contributed by atoms with Crippen LogP contribution in [0.15, 0.2) is 57.8 Å². The zero-order chi connectivity index (χ0) is 20.2. The van der Waals surface area contributed by atoms with E-state index in [1.165, 1.54) is 0 Å². The fourth-order valence-corrected chi connectivity index (χ4v) is 3.01. The topological polar surface area (TPSA) is 107 Å². The van der Waals surface area contributed by atoms with Gasteiger partial charge in [0.25, 0.3) is 0 Å². The van der Waals surface area contributed by atoms with Gasteiger partial charge in [-0.05, 0) is 37.6 Å². The van der Waals surface area contributed by atoms with Crippen molar-refractivity contribution in [2.45, 2.75) is 26.7 Å². The minimum atomic E-state index is -0.145. The van der Waals surface area contributed by atoms with E-state index in [9.17, 15) is 4.79 Å². The van der Waals surface area contributed by atoms with E-state index in [0.717, 1.165) is 22.4 Å². The molecule has 0 radical (unpaired) electrons. The average Bonchev–Trinajstić information content (AvgIpc) is 3.32. The van der Waals surface area contributed by atoms with Gasteiger partial charge in [0.1, 0.15) is 5.76 Å². The predicted octanol–water partition coefficient (Wildman–Crippen LogP) is 3.51. The number of rotatable bonds is 6. The van der Waals surface area contributed by atoms with Crippen molar-refractivity contribution in [1.29, 1.82) is 0 Å². The van der Waals surface area contributed by atoms with E-state index in [-0.39, 0.29) is 12.3 Å². The quantitative estimate of drug-likeness (QED) is 0.538. The van der Waals surface area contributed by atoms with Crippen LogP contribution in [0.25, 0.3) is 11.4 Å². The molecule has 0 saturated carbocycles. The molecule has 3 aromatic heterocycles. The summed E-state index contributed by atoms with van der Waals surface area (Å²) >= 11 is 0. The van der Waals surface area contributed by atoms with Gasteiger partial charge < -0.3 is 14.4 Å². The van der Waals surface area contributed by atoms with Crippen molar-refractivity contribution in [3.8, 4) is 11.4 Å². The smallest absolute Gasteiger partial charge is 0.231 e. The van der Waals surface area contributed by atoms with Gasteiger partial charge in [-0.15, -0.1) is 0 Å². The number of nitrogens with one attached hydrogen (secondary N) is 1. The van der Waals surface area contributed by atoms with Gasteiger partial charge in [0.15, 0.2) is 0 Å². The van der Waals surface area contributed by atoms with Crippen LogP contribution in [0.3, 0.4) is 0 Å². The molecule has 146 valence electrons. The van der Waals surface area contributed by atoms with Crippen LogP contribution in [0.2, 0.25) is 0 Å². The number of benzene rings is 1. The lowest BCUT2D eigenvalue weighted by atomic mass is 10.1. The number of amides is 1. The normalized spacial score (nSPS) is 10.8. The Balaban J connectivity index is 1.49. The maximum absolute atomic E-state index is 12.5. The molecule has 0 bridgehead atoms. The third-order valence-corrected chi connectivity index (χ3v) is 4.54. The van der Waals surface area contributed by atoms with Gasteiger partial charge in [-0.2, -0.15) is 4.98 Å². The highest BCUT2D eigenvalue weighted by atomic mass is 16.5. The number of carbonyl (C=O) groups is 1. The molecule has 0 fully saturated rings. The van der Waals surface area contributed by atoms with Crippen molar-refractivity contribution in [1.82, 2.24) is 20.3 Å². The van der Waals surface area contributed by atoms with Crippen molar-refractivity contribution in [2.24, 2.45) is 0 Å². The Bertz CT molecular complexity index is 1110. The number of anilines is 1. The van der Waals surface area contributed by atoms with E-state index in [4.69, 9.17) is 9.05 Å². The van der Waals surface area contributed by atoms with Crippen molar-refractivity contribution >= 4 is 11.6 Å². The first kappa shape index (κ1) is 18.5. The summed E-state index contributed by atoms with van der Waals surface area (Å²) in [6, 6.07) is 11.2. The Morgan fingerprint density at radius 2 is 1.93 bits per heavy atom. The molecule has 1 aromatic carbocycles. The molecule has 8 nitrogen and oxygen atoms in total. The second-order valence-corrected chi connectivity index (χ2v) is 6.62. The van der Waals surface area contributed by atoms with Gasteiger partial charge in [0.2, 0.25) is 17.6 Å². The number of aromatic nitrogens is 4. The second-order valence-electron chi connectivity index (χ2n) is 6.62. The first-order valence-electron chi connectivity index (χ1n) is 9.12. The van der Waals surface area contributed by atoms with Crippen LogP contribution in [0, 0.1) is 13.8 Å². The van der Waals surface area contributed by atoms with Crippen LogP contribution >= 0.6 is 0 Å². The summed E-state index contributed by atoms with van der Waals surface area (Å²) in [5.74, 6) is 1.44. The predicted molar refractivity (Wildman–Crippen MR) is 105 cm³/mol. The molecular formula is C21H19N5O3. The second kappa shape index (κ2) is 8.05. The van der Waals surface area contributed by atoms with Crippen LogP contribution in [0.1, 0.15) is 28.5 Å². The highest BCUT2D eigenvalue weighted by molar-refractivity contribution is 5.93. The molecule has 0 unspecified atom stereocenters. The fraction of sp³-hybridized carbons (Fsp3) is 0.190. The van der Waals surface area contributed by atoms with E-state index in [1.807, 2.05) is 43.3 Å². The number of carbonyl (C=O) groups excluding carboxylic acids is 1. The standard InChI is InChI=1S/C21H19N5O3/c1-13-17(14(2)28-25-13)11-19(27)23-18-8-4-3-6-15(18)10-20-24-21(26-29-20)16-7-5-9-22-12-16/h3-9,12H,10-11H2,1-2H3,(H,23,27). The summed E-state index contributed by atoms with van der Waals surface area (Å²) in [5, 5.41) is 10.9. The molecule has 1 N–H and O–H groups in total. The molecule has 29 heavy (non-hydrogen) atoms. The van der Waals surface area contributed by atoms with Crippen molar-refractivity contribution in [2.75, 3.05) is 5.32 Å². The van der Waals surface area contributed by atoms with Gasteiger partial charge in [0, 0.05) is 29.2 Å².